The van der Waals surface area contributed by atoms with Gasteiger partial charge in [-0.25, -0.2) is 9.37 Å². The number of nitrogens with one attached hydrogen (secondary N) is 1. The molecule has 2 rings (SSSR count). The van der Waals surface area contributed by atoms with Crippen LogP contribution in [0.5, 0.6) is 0 Å². The van der Waals surface area contributed by atoms with Gasteiger partial charge in [0, 0.05) is 24.6 Å². The quantitative estimate of drug-likeness (QED) is 0.897. The lowest BCUT2D eigenvalue weighted by Gasteiger charge is -2.13. The minimum Gasteiger partial charge on any atom is -0.325 e. The zero-order valence-electron chi connectivity index (χ0n) is 11.2. The Hall–Kier alpha value is -1.36. The van der Waals surface area contributed by atoms with E-state index in [1.54, 1.807) is 12.3 Å². The molecule has 0 saturated carbocycles. The van der Waals surface area contributed by atoms with Crippen LogP contribution in [0.3, 0.4) is 0 Å². The van der Waals surface area contributed by atoms with E-state index in [4.69, 9.17) is 0 Å². The molecule has 0 amide bonds. The first-order valence-corrected chi connectivity index (χ1v) is 7.00. The third kappa shape index (κ3) is 3.35. The van der Waals surface area contributed by atoms with Crippen LogP contribution in [0.1, 0.15) is 19.4 Å². The van der Waals surface area contributed by atoms with Gasteiger partial charge in [0.05, 0.1) is 4.47 Å². The first-order chi connectivity index (χ1) is 8.97. The van der Waals surface area contributed by atoms with Gasteiger partial charge in [-0.15, -0.1) is 0 Å². The molecule has 1 aromatic heterocycles. The van der Waals surface area contributed by atoms with Crippen LogP contribution >= 0.6 is 15.9 Å². The lowest BCUT2D eigenvalue weighted by molar-refractivity contribution is 0.527. The highest BCUT2D eigenvalue weighted by molar-refractivity contribution is 9.10. The highest BCUT2D eigenvalue weighted by Crippen LogP contribution is 2.26. The molecule has 1 aromatic carbocycles. The maximum atomic E-state index is 13.6. The second kappa shape index (κ2) is 5.74. The van der Waals surface area contributed by atoms with Crippen molar-refractivity contribution in [1.82, 2.24) is 9.55 Å². The Bertz CT molecular complexity index is 578. The second-order valence-electron chi connectivity index (χ2n) is 5.00. The number of aromatic nitrogens is 2. The largest absolute Gasteiger partial charge is 0.325 e. The number of anilines is 2. The monoisotopic (exact) mass is 325 g/mol. The van der Waals surface area contributed by atoms with Crippen LogP contribution in [0.25, 0.3) is 0 Å². The van der Waals surface area contributed by atoms with Crippen LogP contribution in [0, 0.1) is 18.7 Å². The SMILES string of the molecule is Cc1cc(Br)c(F)cc1Nc1nccn1CC(C)C. The smallest absolute Gasteiger partial charge is 0.207 e. The number of aryl methyl sites for hydroxylation is 1. The minimum absolute atomic E-state index is 0.282. The minimum atomic E-state index is -0.282. The predicted molar refractivity (Wildman–Crippen MR) is 79.2 cm³/mol. The fourth-order valence-electron chi connectivity index (χ4n) is 1.88. The molecule has 0 saturated heterocycles. The van der Waals surface area contributed by atoms with Gasteiger partial charge in [-0.3, -0.25) is 0 Å². The van der Waals surface area contributed by atoms with Crippen LogP contribution in [0.15, 0.2) is 29.0 Å². The van der Waals surface area contributed by atoms with E-state index >= 15 is 0 Å². The van der Waals surface area contributed by atoms with Crippen molar-refractivity contribution in [2.75, 3.05) is 5.32 Å². The van der Waals surface area contributed by atoms with E-state index in [2.05, 4.69) is 40.1 Å². The van der Waals surface area contributed by atoms with Crippen LogP contribution in [-0.2, 0) is 6.54 Å². The maximum absolute atomic E-state index is 13.6. The summed E-state index contributed by atoms with van der Waals surface area (Å²) in [6.07, 6.45) is 3.67. The van der Waals surface area contributed by atoms with Gasteiger partial charge in [-0.1, -0.05) is 13.8 Å². The zero-order valence-corrected chi connectivity index (χ0v) is 12.8. The van der Waals surface area contributed by atoms with E-state index in [0.717, 1.165) is 23.7 Å². The van der Waals surface area contributed by atoms with E-state index in [1.165, 1.54) is 6.07 Å². The fourth-order valence-corrected chi connectivity index (χ4v) is 2.33. The Kier molecular flexibility index (Phi) is 4.24. The third-order valence-corrected chi connectivity index (χ3v) is 3.40. The number of halogens is 2. The predicted octanol–water partition coefficient (Wildman–Crippen LogP) is 4.49. The van der Waals surface area contributed by atoms with Crippen molar-refractivity contribution in [3.05, 3.63) is 40.4 Å². The van der Waals surface area contributed by atoms with Crippen LogP contribution in [-0.4, -0.2) is 9.55 Å². The molecule has 0 spiro atoms. The van der Waals surface area contributed by atoms with E-state index in [9.17, 15) is 4.39 Å². The molecule has 0 aliphatic rings. The number of nitrogens with zero attached hydrogens (tertiary/aromatic N) is 2. The van der Waals surface area contributed by atoms with Gasteiger partial charge in [-0.2, -0.15) is 0 Å². The summed E-state index contributed by atoms with van der Waals surface area (Å²) < 4.78 is 16.1. The van der Waals surface area contributed by atoms with Crippen LogP contribution in [0.4, 0.5) is 16.0 Å². The average Bonchev–Trinajstić information content (AvgIpc) is 2.72. The van der Waals surface area contributed by atoms with Gasteiger partial charge in [0.2, 0.25) is 5.95 Å². The number of hydrogen-bond acceptors (Lipinski definition) is 2. The Morgan fingerprint density at radius 3 is 2.84 bits per heavy atom. The van der Waals surface area contributed by atoms with Crippen LogP contribution in [0.2, 0.25) is 0 Å². The highest BCUT2D eigenvalue weighted by atomic mass is 79.9. The lowest BCUT2D eigenvalue weighted by Crippen LogP contribution is -2.08. The molecule has 5 heteroatoms. The molecular formula is C14H17BrFN3. The summed E-state index contributed by atoms with van der Waals surface area (Å²) in [5.41, 5.74) is 1.70. The molecule has 2 aromatic rings. The Morgan fingerprint density at radius 2 is 2.16 bits per heavy atom. The number of benzene rings is 1. The summed E-state index contributed by atoms with van der Waals surface area (Å²) >= 11 is 3.18. The molecule has 0 aliphatic carbocycles. The van der Waals surface area contributed by atoms with Gasteiger partial charge >= 0.3 is 0 Å². The van der Waals surface area contributed by atoms with Crippen molar-refractivity contribution < 1.29 is 4.39 Å². The molecule has 1 heterocycles. The van der Waals surface area contributed by atoms with Gasteiger partial charge < -0.3 is 9.88 Å². The van der Waals surface area contributed by atoms with Crippen LogP contribution < -0.4 is 5.32 Å². The fraction of sp³-hybridized carbons (Fsp3) is 0.357. The highest BCUT2D eigenvalue weighted by Gasteiger charge is 2.09. The topological polar surface area (TPSA) is 29.9 Å². The van der Waals surface area contributed by atoms with Gasteiger partial charge in [0.25, 0.3) is 0 Å². The second-order valence-corrected chi connectivity index (χ2v) is 5.86. The first kappa shape index (κ1) is 14.1. The normalized spacial score (nSPS) is 11.1. The van der Waals surface area contributed by atoms with E-state index < -0.39 is 0 Å². The third-order valence-electron chi connectivity index (χ3n) is 2.79. The van der Waals surface area contributed by atoms with Crippen molar-refractivity contribution >= 4 is 27.6 Å². The Labute approximate surface area is 121 Å². The number of rotatable bonds is 4. The van der Waals surface area contributed by atoms with Crippen molar-refractivity contribution in [3.63, 3.8) is 0 Å². The molecule has 3 nitrogen and oxygen atoms in total. The summed E-state index contributed by atoms with van der Waals surface area (Å²) in [7, 11) is 0. The summed E-state index contributed by atoms with van der Waals surface area (Å²) in [4.78, 5) is 4.28. The lowest BCUT2D eigenvalue weighted by atomic mass is 10.2. The van der Waals surface area contributed by atoms with Crippen molar-refractivity contribution in [2.45, 2.75) is 27.3 Å². The maximum Gasteiger partial charge on any atom is 0.207 e. The molecular weight excluding hydrogens is 309 g/mol. The number of imidazole rings is 1. The van der Waals surface area contributed by atoms with E-state index in [0.29, 0.717) is 10.4 Å². The van der Waals surface area contributed by atoms with Crippen molar-refractivity contribution in [3.8, 4) is 0 Å². The van der Waals surface area contributed by atoms with Crippen molar-refractivity contribution in [1.29, 1.82) is 0 Å². The molecule has 0 radical (unpaired) electrons. The standard InChI is InChI=1S/C14H17BrFN3/c1-9(2)8-19-5-4-17-14(19)18-13-7-12(16)11(15)6-10(13)3/h4-7,9H,8H2,1-3H3,(H,17,18). The summed E-state index contributed by atoms with van der Waals surface area (Å²) in [6, 6.07) is 3.24. The Balaban J connectivity index is 2.26. The summed E-state index contributed by atoms with van der Waals surface area (Å²) in [5.74, 6) is 0.978. The molecule has 102 valence electrons. The average molecular weight is 326 g/mol. The first-order valence-electron chi connectivity index (χ1n) is 6.21. The molecule has 1 N–H and O–H groups in total. The molecule has 0 bridgehead atoms. The van der Waals surface area contributed by atoms with E-state index in [1.807, 2.05) is 17.7 Å². The number of hydrogen-bond donors (Lipinski definition) is 1. The molecule has 0 unspecified atom stereocenters. The van der Waals surface area contributed by atoms with Gasteiger partial charge in [0.15, 0.2) is 0 Å². The molecule has 0 aliphatic heterocycles. The summed E-state index contributed by atoms with van der Waals surface area (Å²) in [5, 5.41) is 3.19. The van der Waals surface area contributed by atoms with Crippen molar-refractivity contribution in [2.24, 2.45) is 5.92 Å². The molecule has 0 atom stereocenters. The van der Waals surface area contributed by atoms with Gasteiger partial charge in [0.1, 0.15) is 5.82 Å². The molecule has 0 fully saturated rings. The molecule has 19 heavy (non-hydrogen) atoms. The van der Waals surface area contributed by atoms with E-state index in [-0.39, 0.29) is 5.82 Å². The van der Waals surface area contributed by atoms with Gasteiger partial charge in [-0.05, 0) is 46.5 Å². The Morgan fingerprint density at radius 1 is 1.42 bits per heavy atom. The summed E-state index contributed by atoms with van der Waals surface area (Å²) in [6.45, 7) is 7.10. The zero-order chi connectivity index (χ0) is 14.0.